The van der Waals surface area contributed by atoms with E-state index in [9.17, 15) is 18.0 Å². The van der Waals surface area contributed by atoms with Gasteiger partial charge in [0.1, 0.15) is 12.2 Å². The highest BCUT2D eigenvalue weighted by Gasteiger charge is 2.34. The van der Waals surface area contributed by atoms with Gasteiger partial charge in [-0.05, 0) is 26.0 Å². The summed E-state index contributed by atoms with van der Waals surface area (Å²) < 4.78 is 44.5. The Hall–Kier alpha value is -2.91. The second-order valence-electron chi connectivity index (χ2n) is 5.20. The fourth-order valence-electron chi connectivity index (χ4n) is 2.24. The van der Waals surface area contributed by atoms with Crippen molar-refractivity contribution in [2.75, 3.05) is 0 Å². The zero-order chi connectivity index (χ0) is 17.5. The summed E-state index contributed by atoms with van der Waals surface area (Å²) in [6.07, 6.45) is -3.29. The first-order chi connectivity index (χ1) is 11.3. The molecule has 0 aliphatic rings. The molecule has 0 aliphatic heterocycles. The summed E-state index contributed by atoms with van der Waals surface area (Å²) in [5, 5.41) is 8.55. The van der Waals surface area contributed by atoms with E-state index in [0.717, 1.165) is 12.1 Å². The topological polar surface area (TPSA) is 96.7 Å². The van der Waals surface area contributed by atoms with Crippen molar-refractivity contribution in [2.45, 2.75) is 26.1 Å². The Kier molecular flexibility index (Phi) is 3.74. The summed E-state index contributed by atoms with van der Waals surface area (Å²) in [4.78, 5) is 20.0. The monoisotopic (exact) mass is 339 g/mol. The Balaban J connectivity index is 1.94. The molecule has 10 heteroatoms. The van der Waals surface area contributed by atoms with Crippen LogP contribution in [0.1, 0.15) is 40.6 Å². The van der Waals surface area contributed by atoms with Crippen molar-refractivity contribution in [1.82, 2.24) is 25.5 Å². The zero-order valence-corrected chi connectivity index (χ0v) is 12.6. The normalized spacial score (nSPS) is 13.2. The van der Waals surface area contributed by atoms with Crippen LogP contribution in [0.25, 0.3) is 11.1 Å². The number of fused-ring (bicyclic) bond motifs is 1. The van der Waals surface area contributed by atoms with Crippen molar-refractivity contribution in [1.29, 1.82) is 0 Å². The van der Waals surface area contributed by atoms with Gasteiger partial charge in [-0.15, -0.1) is 0 Å². The number of hydrogen-bond donors (Lipinski definition) is 2. The third kappa shape index (κ3) is 2.94. The molecule has 1 amide bonds. The molecule has 0 saturated carbocycles. The van der Waals surface area contributed by atoms with Gasteiger partial charge in [0.15, 0.2) is 5.76 Å². The molecule has 0 aromatic carbocycles. The molecule has 3 aromatic heterocycles. The minimum Gasteiger partial charge on any atom is -0.433 e. The van der Waals surface area contributed by atoms with Crippen LogP contribution in [0.5, 0.6) is 0 Å². The van der Waals surface area contributed by atoms with Gasteiger partial charge >= 0.3 is 6.18 Å². The van der Waals surface area contributed by atoms with Gasteiger partial charge < -0.3 is 9.73 Å². The van der Waals surface area contributed by atoms with Crippen LogP contribution in [0.15, 0.2) is 22.9 Å². The van der Waals surface area contributed by atoms with E-state index in [1.807, 2.05) is 0 Å². The maximum absolute atomic E-state index is 13.1. The van der Waals surface area contributed by atoms with Crippen LogP contribution in [0, 0.1) is 6.92 Å². The number of H-pyrrole nitrogens is 1. The highest BCUT2D eigenvalue weighted by atomic mass is 19.4. The smallest absolute Gasteiger partial charge is 0.417 e. The summed E-state index contributed by atoms with van der Waals surface area (Å²) in [5.74, 6) is -0.535. The molecule has 7 nitrogen and oxygen atoms in total. The molecule has 3 aromatic rings. The lowest BCUT2D eigenvalue weighted by molar-refractivity contribution is -0.136. The first kappa shape index (κ1) is 16.0. The lowest BCUT2D eigenvalue weighted by atomic mass is 10.1. The van der Waals surface area contributed by atoms with E-state index >= 15 is 0 Å². The standard InChI is InChI=1S/C14H12F3N5O2/c1-6-3-9(14(15,16)17)8-4-10(24-13(8)20-6)12(23)21-7(2)11-18-5-19-22-11/h3-5,7H,1-2H3,(H,21,23)(H,18,19,22). The number of nitrogens with zero attached hydrogens (tertiary/aromatic N) is 3. The second kappa shape index (κ2) is 5.62. The molecule has 1 unspecified atom stereocenters. The van der Waals surface area contributed by atoms with E-state index in [1.54, 1.807) is 6.92 Å². The van der Waals surface area contributed by atoms with Crippen LogP contribution in [-0.2, 0) is 6.18 Å². The maximum atomic E-state index is 13.1. The van der Waals surface area contributed by atoms with Crippen molar-refractivity contribution in [3.05, 3.63) is 41.3 Å². The summed E-state index contributed by atoms with van der Waals surface area (Å²) in [7, 11) is 0. The Morgan fingerprint density at radius 1 is 1.38 bits per heavy atom. The summed E-state index contributed by atoms with van der Waals surface area (Å²) in [6.45, 7) is 3.06. The summed E-state index contributed by atoms with van der Waals surface area (Å²) >= 11 is 0. The van der Waals surface area contributed by atoms with Gasteiger partial charge in [0.2, 0.25) is 5.71 Å². The maximum Gasteiger partial charge on any atom is 0.417 e. The number of furan rings is 1. The molecule has 0 saturated heterocycles. The molecule has 1 atom stereocenters. The largest absolute Gasteiger partial charge is 0.433 e. The van der Waals surface area contributed by atoms with E-state index in [-0.39, 0.29) is 22.6 Å². The van der Waals surface area contributed by atoms with Gasteiger partial charge in [0, 0.05) is 5.69 Å². The molecule has 0 bridgehead atoms. The minimum absolute atomic E-state index is 0.145. The molecule has 0 fully saturated rings. The highest BCUT2D eigenvalue weighted by molar-refractivity contribution is 5.96. The van der Waals surface area contributed by atoms with Gasteiger partial charge in [0.25, 0.3) is 5.91 Å². The van der Waals surface area contributed by atoms with Gasteiger partial charge in [-0.2, -0.15) is 18.3 Å². The lowest BCUT2D eigenvalue weighted by Gasteiger charge is -2.08. The number of pyridine rings is 1. The number of amides is 1. The number of halogens is 3. The Bertz CT molecular complexity index is 886. The van der Waals surface area contributed by atoms with Crippen molar-refractivity contribution >= 4 is 17.0 Å². The number of carbonyl (C=O) groups is 1. The molecule has 0 aliphatic carbocycles. The molecule has 0 spiro atoms. The van der Waals surface area contributed by atoms with Gasteiger partial charge in [0.05, 0.1) is 17.0 Å². The quantitative estimate of drug-likeness (QED) is 0.765. The van der Waals surface area contributed by atoms with E-state index in [1.165, 1.54) is 13.3 Å². The molecular weight excluding hydrogens is 327 g/mol. The number of hydrogen-bond acceptors (Lipinski definition) is 5. The van der Waals surface area contributed by atoms with Crippen LogP contribution in [0.2, 0.25) is 0 Å². The lowest BCUT2D eigenvalue weighted by Crippen LogP contribution is -2.27. The molecule has 3 heterocycles. The average molecular weight is 339 g/mol. The van der Waals surface area contributed by atoms with Crippen molar-refractivity contribution in [3.63, 3.8) is 0 Å². The number of aromatic amines is 1. The molecule has 3 rings (SSSR count). The van der Waals surface area contributed by atoms with Crippen LogP contribution >= 0.6 is 0 Å². The fraction of sp³-hybridized carbons (Fsp3) is 0.286. The summed E-state index contributed by atoms with van der Waals surface area (Å²) in [6, 6.07) is 1.42. The average Bonchev–Trinajstić information content (AvgIpc) is 3.14. The van der Waals surface area contributed by atoms with Crippen LogP contribution < -0.4 is 5.32 Å². The fourth-order valence-corrected chi connectivity index (χ4v) is 2.24. The number of carbonyl (C=O) groups excluding carboxylic acids is 1. The number of nitrogens with one attached hydrogen (secondary N) is 2. The number of aryl methyl sites for hydroxylation is 1. The molecule has 126 valence electrons. The molecular formula is C14H12F3N5O2. The van der Waals surface area contributed by atoms with Crippen molar-refractivity contribution in [2.24, 2.45) is 0 Å². The number of aromatic nitrogens is 4. The van der Waals surface area contributed by atoms with Gasteiger partial charge in [-0.1, -0.05) is 0 Å². The third-order valence-electron chi connectivity index (χ3n) is 3.35. The zero-order valence-electron chi connectivity index (χ0n) is 12.6. The molecule has 24 heavy (non-hydrogen) atoms. The third-order valence-corrected chi connectivity index (χ3v) is 3.35. The first-order valence-corrected chi connectivity index (χ1v) is 6.90. The van der Waals surface area contributed by atoms with E-state index in [4.69, 9.17) is 4.42 Å². The van der Waals surface area contributed by atoms with Crippen LogP contribution in [0.3, 0.4) is 0 Å². The van der Waals surface area contributed by atoms with E-state index in [0.29, 0.717) is 5.82 Å². The Labute approximate surface area is 133 Å². The first-order valence-electron chi connectivity index (χ1n) is 6.90. The second-order valence-corrected chi connectivity index (χ2v) is 5.20. The van der Waals surface area contributed by atoms with Gasteiger partial charge in [-0.3, -0.25) is 9.89 Å². The van der Waals surface area contributed by atoms with Crippen LogP contribution in [-0.4, -0.2) is 26.1 Å². The van der Waals surface area contributed by atoms with E-state index in [2.05, 4.69) is 25.5 Å². The molecule has 2 N–H and O–H groups in total. The predicted molar refractivity (Wildman–Crippen MR) is 76.0 cm³/mol. The Morgan fingerprint density at radius 2 is 2.12 bits per heavy atom. The highest BCUT2D eigenvalue weighted by Crippen LogP contribution is 2.36. The summed E-state index contributed by atoms with van der Waals surface area (Å²) in [5.41, 5.74) is -0.984. The predicted octanol–water partition coefficient (Wildman–Crippen LogP) is 2.76. The van der Waals surface area contributed by atoms with E-state index < -0.39 is 23.7 Å². The van der Waals surface area contributed by atoms with Crippen molar-refractivity contribution in [3.8, 4) is 0 Å². The number of alkyl halides is 3. The SMILES string of the molecule is Cc1cc(C(F)(F)F)c2cc(C(=O)NC(C)c3ncn[nH]3)oc2n1. The number of rotatable bonds is 3. The van der Waals surface area contributed by atoms with Gasteiger partial charge in [-0.25, -0.2) is 9.97 Å². The minimum atomic E-state index is -4.57. The van der Waals surface area contributed by atoms with Crippen molar-refractivity contribution < 1.29 is 22.4 Å². The molecule has 0 radical (unpaired) electrons. The van der Waals surface area contributed by atoms with Crippen LogP contribution in [0.4, 0.5) is 13.2 Å². The Morgan fingerprint density at radius 3 is 2.75 bits per heavy atom.